The summed E-state index contributed by atoms with van der Waals surface area (Å²) in [7, 11) is 1.57. The molecule has 1 aliphatic carbocycles. The highest BCUT2D eigenvalue weighted by Crippen LogP contribution is 2.55. The lowest BCUT2D eigenvalue weighted by Gasteiger charge is -2.39. The van der Waals surface area contributed by atoms with Crippen molar-refractivity contribution in [2.24, 2.45) is 11.7 Å². The Kier molecular flexibility index (Phi) is 5.47. The van der Waals surface area contributed by atoms with Crippen molar-refractivity contribution in [2.45, 2.75) is 24.7 Å². The summed E-state index contributed by atoms with van der Waals surface area (Å²) < 4.78 is 5.89. The average molecular weight is 449 g/mol. The number of aliphatic hydroxyl groups is 1. The molecule has 0 aromatic rings. The minimum absolute atomic E-state index is 0.000687. The minimum atomic E-state index is -1.33. The summed E-state index contributed by atoms with van der Waals surface area (Å²) >= 11 is 0. The first-order valence-corrected chi connectivity index (χ1v) is 10.4. The van der Waals surface area contributed by atoms with Crippen LogP contribution in [0.1, 0.15) is 6.92 Å². The molecule has 32 heavy (non-hydrogen) atoms. The number of piperazine rings is 2. The number of Topliss-reactive ketones (excluding diaryl/α,β-unsaturated/α-hetero) is 2. The summed E-state index contributed by atoms with van der Waals surface area (Å²) in [5, 5.41) is 20.7. The number of carbonyl (C=O) groups is 4. The second-order valence-corrected chi connectivity index (χ2v) is 8.41. The summed E-state index contributed by atoms with van der Waals surface area (Å²) in [6, 6.07) is 0.216. The van der Waals surface area contributed by atoms with Crippen LogP contribution in [0.25, 0.3) is 0 Å². The maximum absolute atomic E-state index is 13.6. The lowest BCUT2D eigenvalue weighted by molar-refractivity contribution is -0.137. The van der Waals surface area contributed by atoms with E-state index in [4.69, 9.17) is 14.6 Å². The molecule has 12 nitrogen and oxygen atoms in total. The van der Waals surface area contributed by atoms with Crippen molar-refractivity contribution in [2.75, 3.05) is 46.4 Å². The third kappa shape index (κ3) is 3.01. The quantitative estimate of drug-likeness (QED) is 0.207. The zero-order valence-corrected chi connectivity index (χ0v) is 17.9. The monoisotopic (exact) mass is 449 g/mol. The molecule has 0 saturated carbocycles. The SMILES string of the molecule is COC12C(CO)C3=C(C(=O)C(C)=C(N4CCN(C=O)CC4)C3=O)N1CC1NC12.NC(=O)O. The highest BCUT2D eigenvalue weighted by molar-refractivity contribution is 6.25. The number of carbonyl (C=O) groups excluding carboxylic acids is 3. The predicted octanol–water partition coefficient (Wildman–Crippen LogP) is -2.32. The molecule has 174 valence electrons. The second kappa shape index (κ2) is 7.87. The van der Waals surface area contributed by atoms with Gasteiger partial charge in [0.05, 0.1) is 30.0 Å². The van der Waals surface area contributed by atoms with Gasteiger partial charge in [-0.3, -0.25) is 14.4 Å². The molecule has 5 N–H and O–H groups in total. The van der Waals surface area contributed by atoms with Crippen LogP contribution in [-0.4, -0.2) is 113 Å². The molecule has 2 amide bonds. The summed E-state index contributed by atoms with van der Waals surface area (Å²) in [6.07, 6.45) is -0.526. The molecule has 12 heteroatoms. The molecule has 4 heterocycles. The molecule has 0 spiro atoms. The number of hydrogen-bond donors (Lipinski definition) is 4. The van der Waals surface area contributed by atoms with E-state index in [1.165, 1.54) is 0 Å². The van der Waals surface area contributed by atoms with E-state index in [9.17, 15) is 19.5 Å². The lowest BCUT2D eigenvalue weighted by atomic mass is 9.82. The van der Waals surface area contributed by atoms with E-state index >= 15 is 0 Å². The van der Waals surface area contributed by atoms with Crippen molar-refractivity contribution in [3.63, 3.8) is 0 Å². The zero-order chi connectivity index (χ0) is 23.4. The van der Waals surface area contributed by atoms with Crippen LogP contribution in [0.2, 0.25) is 0 Å². The van der Waals surface area contributed by atoms with Crippen LogP contribution in [-0.2, 0) is 19.1 Å². The van der Waals surface area contributed by atoms with Crippen molar-refractivity contribution >= 4 is 24.1 Å². The molecule has 4 unspecified atom stereocenters. The topological polar surface area (TPSA) is 176 Å². The number of amides is 2. The Morgan fingerprint density at radius 1 is 1.25 bits per heavy atom. The Bertz CT molecular complexity index is 935. The molecule has 4 aliphatic heterocycles. The number of nitrogens with two attached hydrogens (primary N) is 1. The molecule has 0 aromatic heterocycles. The normalized spacial score (nSPS) is 33.0. The first-order valence-electron chi connectivity index (χ1n) is 10.4. The molecule has 0 aromatic carbocycles. The van der Waals surface area contributed by atoms with Gasteiger partial charge in [-0.2, -0.15) is 0 Å². The number of rotatable bonds is 4. The van der Waals surface area contributed by atoms with Gasteiger partial charge in [0, 0.05) is 57.0 Å². The van der Waals surface area contributed by atoms with Gasteiger partial charge in [0.25, 0.3) is 0 Å². The second-order valence-electron chi connectivity index (χ2n) is 8.41. The molecule has 5 aliphatic rings. The smallest absolute Gasteiger partial charge is 0.402 e. The van der Waals surface area contributed by atoms with E-state index in [0.717, 1.165) is 6.41 Å². The first-order chi connectivity index (χ1) is 15.2. The molecular formula is C20H27N5O7. The molecule has 3 fully saturated rings. The van der Waals surface area contributed by atoms with Crippen LogP contribution >= 0.6 is 0 Å². The van der Waals surface area contributed by atoms with E-state index < -0.39 is 17.7 Å². The van der Waals surface area contributed by atoms with Crippen molar-refractivity contribution in [1.82, 2.24) is 20.0 Å². The fourth-order valence-electron chi connectivity index (χ4n) is 5.56. The standard InChI is InChI=1S/C19H24N4O5.CH3NO2/c1-10-14(22-5-3-21(9-25)4-6-22)17(27)13-11(8-24)19(28-2)18-12(20-18)7-23(19)15(13)16(10)26;2-1(3)4/h9,11-12,18,20,24H,3-8H2,1-2H3;2H2,(H,3,4). The van der Waals surface area contributed by atoms with Gasteiger partial charge in [-0.1, -0.05) is 0 Å². The minimum Gasteiger partial charge on any atom is -0.465 e. The Hall–Kier alpha value is -2.96. The van der Waals surface area contributed by atoms with Crippen molar-refractivity contribution in [3.8, 4) is 0 Å². The summed E-state index contributed by atoms with van der Waals surface area (Å²) in [4.78, 5) is 52.2. The van der Waals surface area contributed by atoms with Crippen LogP contribution < -0.4 is 11.1 Å². The number of hydrogen-bond acceptors (Lipinski definition) is 9. The van der Waals surface area contributed by atoms with Crippen LogP contribution in [0.3, 0.4) is 0 Å². The number of carboxylic acid groups (broad SMARTS) is 1. The molecule has 0 bridgehead atoms. The number of nitrogens with one attached hydrogen (secondary N) is 1. The Labute approximate surface area is 184 Å². The maximum atomic E-state index is 13.6. The van der Waals surface area contributed by atoms with Gasteiger partial charge >= 0.3 is 6.09 Å². The number of ketones is 2. The number of aliphatic hydroxyl groups excluding tert-OH is 1. The van der Waals surface area contributed by atoms with Crippen molar-refractivity contribution in [1.29, 1.82) is 0 Å². The van der Waals surface area contributed by atoms with Gasteiger partial charge in [-0.25, -0.2) is 4.79 Å². The summed E-state index contributed by atoms with van der Waals surface area (Å²) in [5.41, 5.74) is 4.75. The molecular weight excluding hydrogens is 422 g/mol. The maximum Gasteiger partial charge on any atom is 0.402 e. The summed E-state index contributed by atoms with van der Waals surface area (Å²) in [5.74, 6) is -0.942. The number of methoxy groups -OCH3 is 1. The first kappa shape index (κ1) is 22.2. The third-order valence-corrected chi connectivity index (χ3v) is 6.97. The Balaban J connectivity index is 0.000000567. The van der Waals surface area contributed by atoms with Crippen molar-refractivity contribution < 1.29 is 34.1 Å². The number of allylic oxidation sites excluding steroid dienone is 2. The fraction of sp³-hybridized carbons (Fsp3) is 0.600. The van der Waals surface area contributed by atoms with Crippen LogP contribution in [0.5, 0.6) is 0 Å². The van der Waals surface area contributed by atoms with Crippen LogP contribution in [0, 0.1) is 5.92 Å². The van der Waals surface area contributed by atoms with Gasteiger partial charge in [0.15, 0.2) is 5.72 Å². The number of primary amides is 1. The van der Waals surface area contributed by atoms with Crippen molar-refractivity contribution in [3.05, 3.63) is 22.5 Å². The average Bonchev–Trinajstić information content (AvgIpc) is 3.37. The van der Waals surface area contributed by atoms with Gasteiger partial charge in [-0.15, -0.1) is 0 Å². The van der Waals surface area contributed by atoms with Gasteiger partial charge < -0.3 is 40.7 Å². The van der Waals surface area contributed by atoms with E-state index in [1.54, 1.807) is 18.9 Å². The third-order valence-electron chi connectivity index (χ3n) is 6.97. The number of fused-ring (bicyclic) bond motifs is 4. The van der Waals surface area contributed by atoms with E-state index in [-0.39, 0.29) is 30.3 Å². The van der Waals surface area contributed by atoms with E-state index in [0.29, 0.717) is 55.3 Å². The number of nitrogens with zero attached hydrogens (tertiary/aromatic N) is 3. The largest absolute Gasteiger partial charge is 0.465 e. The van der Waals surface area contributed by atoms with Gasteiger partial charge in [0.1, 0.15) is 0 Å². The van der Waals surface area contributed by atoms with Crippen LogP contribution in [0.4, 0.5) is 4.79 Å². The Morgan fingerprint density at radius 2 is 1.88 bits per heavy atom. The molecule has 5 rings (SSSR count). The van der Waals surface area contributed by atoms with Gasteiger partial charge in [0.2, 0.25) is 18.0 Å². The van der Waals surface area contributed by atoms with Gasteiger partial charge in [-0.05, 0) is 6.92 Å². The highest BCUT2D eigenvalue weighted by Gasteiger charge is 2.72. The highest BCUT2D eigenvalue weighted by atomic mass is 16.5. The molecule has 0 radical (unpaired) electrons. The predicted molar refractivity (Wildman–Crippen MR) is 109 cm³/mol. The Morgan fingerprint density at radius 3 is 2.41 bits per heavy atom. The summed E-state index contributed by atoms with van der Waals surface area (Å²) in [6.45, 7) is 4.05. The molecule has 4 atom stereocenters. The molecule has 3 saturated heterocycles. The fourth-order valence-corrected chi connectivity index (χ4v) is 5.56. The van der Waals surface area contributed by atoms with E-state index in [1.807, 2.05) is 9.80 Å². The van der Waals surface area contributed by atoms with E-state index in [2.05, 4.69) is 11.1 Å². The lowest BCUT2D eigenvalue weighted by Crippen LogP contribution is -2.54. The number of ether oxygens (including phenoxy) is 1. The van der Waals surface area contributed by atoms with Crippen LogP contribution in [0.15, 0.2) is 22.5 Å². The zero-order valence-electron chi connectivity index (χ0n) is 17.9.